The lowest BCUT2D eigenvalue weighted by Crippen LogP contribution is -2.49. The van der Waals surface area contributed by atoms with Crippen LogP contribution < -0.4 is 0 Å². The van der Waals surface area contributed by atoms with E-state index in [0.717, 1.165) is 10.4 Å². The minimum absolute atomic E-state index is 0.0557. The number of nitrogens with zero attached hydrogens (tertiary/aromatic N) is 2. The Hall–Kier alpha value is -2.32. The van der Waals surface area contributed by atoms with Gasteiger partial charge in [-0.3, -0.25) is 9.69 Å². The molecule has 4 nitrogen and oxygen atoms in total. The number of rotatable bonds is 7. The second-order valence-electron chi connectivity index (χ2n) is 7.62. The molecule has 4 rings (SSSR count). The van der Waals surface area contributed by atoms with E-state index in [9.17, 15) is 13.6 Å². The maximum Gasteiger partial charge on any atom is 0.264 e. The highest BCUT2D eigenvalue weighted by Crippen LogP contribution is 2.25. The van der Waals surface area contributed by atoms with Crippen LogP contribution in [-0.4, -0.2) is 48.4 Å². The lowest BCUT2D eigenvalue weighted by Gasteiger charge is -2.36. The lowest BCUT2D eigenvalue weighted by atomic mass is 10.1. The van der Waals surface area contributed by atoms with E-state index in [1.807, 2.05) is 34.5 Å². The van der Waals surface area contributed by atoms with E-state index in [1.165, 1.54) is 29.5 Å². The van der Waals surface area contributed by atoms with Gasteiger partial charge in [-0.15, -0.1) is 11.3 Å². The lowest BCUT2D eigenvalue weighted by molar-refractivity contribution is 0.00150. The van der Waals surface area contributed by atoms with Gasteiger partial charge in [-0.25, -0.2) is 8.78 Å². The summed E-state index contributed by atoms with van der Waals surface area (Å²) < 4.78 is 34.1. The molecule has 168 valence electrons. The van der Waals surface area contributed by atoms with Gasteiger partial charge in [0.05, 0.1) is 17.6 Å². The smallest absolute Gasteiger partial charge is 0.264 e. The van der Waals surface area contributed by atoms with Crippen molar-refractivity contribution in [2.45, 2.75) is 12.7 Å². The molecule has 1 atom stereocenters. The average Bonchev–Trinajstić information content (AvgIpc) is 3.33. The molecule has 1 saturated heterocycles. The van der Waals surface area contributed by atoms with Gasteiger partial charge in [0.1, 0.15) is 11.6 Å². The summed E-state index contributed by atoms with van der Waals surface area (Å²) in [6.45, 7) is 2.98. The van der Waals surface area contributed by atoms with Gasteiger partial charge in [0.25, 0.3) is 5.91 Å². The number of piperazine rings is 1. The van der Waals surface area contributed by atoms with E-state index in [1.54, 1.807) is 12.1 Å². The average molecular weight is 477 g/mol. The number of amides is 1. The zero-order chi connectivity index (χ0) is 22.5. The topological polar surface area (TPSA) is 32.8 Å². The highest BCUT2D eigenvalue weighted by molar-refractivity contribution is 7.12. The summed E-state index contributed by atoms with van der Waals surface area (Å²) >= 11 is 7.47. The van der Waals surface area contributed by atoms with Crippen LogP contribution in [0.5, 0.6) is 0 Å². The Kier molecular flexibility index (Phi) is 7.52. The number of thiophene rings is 1. The SMILES string of the molecule is O=C(c1cccs1)N1CCN(CC(OCc2c(F)cccc2F)c2ccc(Cl)cc2)CC1. The van der Waals surface area contributed by atoms with Gasteiger partial charge >= 0.3 is 0 Å². The second kappa shape index (κ2) is 10.5. The van der Waals surface area contributed by atoms with Gasteiger partial charge in [-0.1, -0.05) is 35.9 Å². The van der Waals surface area contributed by atoms with Crippen molar-refractivity contribution in [1.82, 2.24) is 9.80 Å². The first-order chi connectivity index (χ1) is 15.5. The minimum atomic E-state index is -0.624. The molecule has 1 fully saturated rings. The molecule has 1 unspecified atom stereocenters. The summed E-state index contributed by atoms with van der Waals surface area (Å²) in [6, 6.07) is 14.8. The van der Waals surface area contributed by atoms with E-state index >= 15 is 0 Å². The van der Waals surface area contributed by atoms with Crippen LogP contribution in [0.2, 0.25) is 5.02 Å². The molecule has 3 aromatic rings. The highest BCUT2D eigenvalue weighted by atomic mass is 35.5. The fraction of sp³-hybridized carbons (Fsp3) is 0.292. The summed E-state index contributed by atoms with van der Waals surface area (Å²) in [5.74, 6) is -1.19. The predicted molar refractivity (Wildman–Crippen MR) is 122 cm³/mol. The van der Waals surface area contributed by atoms with Crippen molar-refractivity contribution in [2.75, 3.05) is 32.7 Å². The molecule has 32 heavy (non-hydrogen) atoms. The largest absolute Gasteiger partial charge is 0.367 e. The van der Waals surface area contributed by atoms with Crippen LogP contribution >= 0.6 is 22.9 Å². The van der Waals surface area contributed by atoms with E-state index in [0.29, 0.717) is 37.7 Å². The van der Waals surface area contributed by atoms with Crippen molar-refractivity contribution in [2.24, 2.45) is 0 Å². The van der Waals surface area contributed by atoms with Crippen molar-refractivity contribution in [1.29, 1.82) is 0 Å². The number of hydrogen-bond donors (Lipinski definition) is 0. The molecule has 0 radical (unpaired) electrons. The second-order valence-corrected chi connectivity index (χ2v) is 9.01. The molecule has 0 spiro atoms. The van der Waals surface area contributed by atoms with E-state index < -0.39 is 17.7 Å². The van der Waals surface area contributed by atoms with Crippen LogP contribution in [0.1, 0.15) is 26.9 Å². The molecule has 0 saturated carbocycles. The highest BCUT2D eigenvalue weighted by Gasteiger charge is 2.25. The van der Waals surface area contributed by atoms with Crippen molar-refractivity contribution in [3.8, 4) is 0 Å². The van der Waals surface area contributed by atoms with Crippen molar-refractivity contribution < 1.29 is 18.3 Å². The van der Waals surface area contributed by atoms with Crippen LogP contribution in [0.3, 0.4) is 0 Å². The fourth-order valence-electron chi connectivity index (χ4n) is 3.71. The van der Waals surface area contributed by atoms with E-state index in [2.05, 4.69) is 4.90 Å². The third kappa shape index (κ3) is 5.53. The van der Waals surface area contributed by atoms with Gasteiger partial charge in [0.15, 0.2) is 0 Å². The molecule has 8 heteroatoms. The van der Waals surface area contributed by atoms with Gasteiger partial charge in [-0.05, 0) is 41.3 Å². The monoisotopic (exact) mass is 476 g/mol. The van der Waals surface area contributed by atoms with Crippen molar-refractivity contribution >= 4 is 28.8 Å². The molecule has 1 aliphatic heterocycles. The van der Waals surface area contributed by atoms with E-state index in [4.69, 9.17) is 16.3 Å². The first kappa shape index (κ1) is 22.9. The number of ether oxygens (including phenoxy) is 1. The van der Waals surface area contributed by atoms with Crippen LogP contribution in [0, 0.1) is 11.6 Å². The Labute approximate surface area is 195 Å². The van der Waals surface area contributed by atoms with Gasteiger partial charge in [-0.2, -0.15) is 0 Å². The summed E-state index contributed by atoms with van der Waals surface area (Å²) in [4.78, 5) is 17.4. The zero-order valence-electron chi connectivity index (χ0n) is 17.3. The van der Waals surface area contributed by atoms with Crippen LogP contribution in [0.4, 0.5) is 8.78 Å². The maximum absolute atomic E-state index is 14.1. The number of hydrogen-bond acceptors (Lipinski definition) is 4. The molecule has 2 heterocycles. The van der Waals surface area contributed by atoms with Gasteiger partial charge in [0, 0.05) is 43.3 Å². The van der Waals surface area contributed by atoms with Gasteiger partial charge in [0.2, 0.25) is 0 Å². The first-order valence-electron chi connectivity index (χ1n) is 10.4. The van der Waals surface area contributed by atoms with E-state index in [-0.39, 0.29) is 18.1 Å². The molecule has 1 amide bonds. The van der Waals surface area contributed by atoms with Crippen LogP contribution in [0.15, 0.2) is 60.0 Å². The molecule has 1 aromatic heterocycles. The Bertz CT molecular complexity index is 1020. The summed E-state index contributed by atoms with van der Waals surface area (Å²) in [5.41, 5.74) is 0.793. The fourth-order valence-corrected chi connectivity index (χ4v) is 4.53. The molecular weight excluding hydrogens is 454 g/mol. The minimum Gasteiger partial charge on any atom is -0.367 e. The summed E-state index contributed by atoms with van der Waals surface area (Å²) in [5, 5.41) is 2.50. The Balaban J connectivity index is 1.41. The Morgan fingerprint density at radius 1 is 1.00 bits per heavy atom. The first-order valence-corrected chi connectivity index (χ1v) is 11.6. The molecule has 0 aliphatic carbocycles. The third-order valence-electron chi connectivity index (χ3n) is 5.55. The molecule has 2 aromatic carbocycles. The molecular formula is C24H23ClF2N2O2S. The molecule has 1 aliphatic rings. The standard InChI is InChI=1S/C24H23ClF2N2O2S/c25-18-8-6-17(7-9-18)22(31-16-19-20(26)3-1-4-21(19)27)15-28-10-12-29(13-11-28)24(30)23-5-2-14-32-23/h1-9,14,22H,10-13,15-16H2. The quantitative estimate of drug-likeness (QED) is 0.458. The van der Waals surface area contributed by atoms with Crippen LogP contribution in [0.25, 0.3) is 0 Å². The van der Waals surface area contributed by atoms with Crippen molar-refractivity contribution in [3.05, 3.63) is 92.6 Å². The summed E-state index contributed by atoms with van der Waals surface area (Å²) in [7, 11) is 0. The van der Waals surface area contributed by atoms with Gasteiger partial charge < -0.3 is 9.64 Å². The van der Waals surface area contributed by atoms with Crippen LogP contribution in [-0.2, 0) is 11.3 Å². The number of carbonyl (C=O) groups is 1. The number of halogens is 3. The molecule has 0 bridgehead atoms. The van der Waals surface area contributed by atoms with Crippen molar-refractivity contribution in [3.63, 3.8) is 0 Å². The number of benzene rings is 2. The maximum atomic E-state index is 14.1. The Morgan fingerprint density at radius 2 is 1.69 bits per heavy atom. The Morgan fingerprint density at radius 3 is 2.31 bits per heavy atom. The molecule has 0 N–H and O–H groups in total. The predicted octanol–water partition coefficient (Wildman–Crippen LogP) is 5.40. The zero-order valence-corrected chi connectivity index (χ0v) is 18.9. The normalized spacial score (nSPS) is 15.7. The third-order valence-corrected chi connectivity index (χ3v) is 6.66. The number of carbonyl (C=O) groups excluding carboxylic acids is 1. The summed E-state index contributed by atoms with van der Waals surface area (Å²) in [6.07, 6.45) is -0.397.